The first-order valence-electron chi connectivity index (χ1n) is 7.54. The molecule has 118 valence electrons. The molecule has 3 heterocycles. The van der Waals surface area contributed by atoms with Gasteiger partial charge in [0.25, 0.3) is 5.91 Å². The lowest BCUT2D eigenvalue weighted by Crippen LogP contribution is -2.34. The van der Waals surface area contributed by atoms with Gasteiger partial charge < -0.3 is 14.8 Å². The van der Waals surface area contributed by atoms with E-state index >= 15 is 0 Å². The molecule has 1 aromatic heterocycles. The lowest BCUT2D eigenvalue weighted by Gasteiger charge is -2.21. The van der Waals surface area contributed by atoms with Crippen molar-refractivity contribution < 1.29 is 4.79 Å². The average molecular weight is 377 g/mol. The number of rotatable bonds is 2. The van der Waals surface area contributed by atoms with Gasteiger partial charge in [-0.3, -0.25) is 4.79 Å². The number of nitrogens with zero attached hydrogens (tertiary/aromatic N) is 2. The molecule has 1 aromatic rings. The van der Waals surface area contributed by atoms with Gasteiger partial charge in [0.15, 0.2) is 0 Å². The van der Waals surface area contributed by atoms with E-state index in [9.17, 15) is 4.79 Å². The Morgan fingerprint density at radius 1 is 1.33 bits per heavy atom. The van der Waals surface area contributed by atoms with Gasteiger partial charge in [0.05, 0.1) is 0 Å². The number of halogens is 2. The Kier molecular flexibility index (Phi) is 5.74. The van der Waals surface area contributed by atoms with Crippen LogP contribution in [0.25, 0.3) is 0 Å². The second kappa shape index (κ2) is 7.16. The van der Waals surface area contributed by atoms with Crippen molar-refractivity contribution in [3.63, 3.8) is 0 Å². The number of likely N-dealkylation sites (tertiary alicyclic amines) is 1. The Hall–Kier alpha value is -0.520. The standard InChI is InChI=1S/C15H22BrN3O.ClH/c1-2-18-10-13(16)7-14(18)15(20)19-5-3-11-8-17-9-12(11)4-6-19;/h7,10-12,17H,2-6,8-9H2,1H3;1H/t11-,12+;. The summed E-state index contributed by atoms with van der Waals surface area (Å²) in [4.78, 5) is 14.8. The maximum Gasteiger partial charge on any atom is 0.270 e. The molecular weight excluding hydrogens is 354 g/mol. The smallest absolute Gasteiger partial charge is 0.270 e. The SMILES string of the molecule is CCn1cc(Br)cc1C(=O)N1CC[C@@H]2CNC[C@@H]2CC1.Cl. The Balaban J connectivity index is 0.00000161. The minimum absolute atomic E-state index is 0. The number of aromatic nitrogens is 1. The van der Waals surface area contributed by atoms with Crippen molar-refractivity contribution in [2.75, 3.05) is 26.2 Å². The van der Waals surface area contributed by atoms with Crippen molar-refractivity contribution in [2.45, 2.75) is 26.3 Å². The summed E-state index contributed by atoms with van der Waals surface area (Å²) in [6.45, 7) is 6.95. The highest BCUT2D eigenvalue weighted by Crippen LogP contribution is 2.28. The van der Waals surface area contributed by atoms with Crippen LogP contribution in [0.2, 0.25) is 0 Å². The highest BCUT2D eigenvalue weighted by Gasteiger charge is 2.32. The summed E-state index contributed by atoms with van der Waals surface area (Å²) in [5.74, 6) is 1.71. The number of carbonyl (C=O) groups excluding carboxylic acids is 1. The normalized spacial score (nSPS) is 25.1. The van der Waals surface area contributed by atoms with E-state index in [-0.39, 0.29) is 18.3 Å². The predicted molar refractivity (Wildman–Crippen MR) is 90.0 cm³/mol. The van der Waals surface area contributed by atoms with Gasteiger partial charge in [0.2, 0.25) is 0 Å². The summed E-state index contributed by atoms with van der Waals surface area (Å²) < 4.78 is 3.01. The molecule has 2 aliphatic rings. The van der Waals surface area contributed by atoms with Crippen LogP contribution in [0.1, 0.15) is 30.3 Å². The van der Waals surface area contributed by atoms with E-state index in [0.717, 1.165) is 67.6 Å². The third kappa shape index (κ3) is 3.46. The molecule has 0 unspecified atom stereocenters. The number of fused-ring (bicyclic) bond motifs is 1. The van der Waals surface area contributed by atoms with Crippen LogP contribution in [-0.2, 0) is 6.54 Å². The number of amides is 1. The van der Waals surface area contributed by atoms with Crippen LogP contribution in [-0.4, -0.2) is 41.6 Å². The van der Waals surface area contributed by atoms with Gasteiger partial charge in [-0.1, -0.05) is 0 Å². The zero-order chi connectivity index (χ0) is 14.1. The molecule has 2 atom stereocenters. The molecule has 0 radical (unpaired) electrons. The molecule has 2 saturated heterocycles. The second-order valence-corrected chi connectivity index (χ2v) is 6.79. The molecule has 21 heavy (non-hydrogen) atoms. The number of nitrogens with one attached hydrogen (secondary N) is 1. The van der Waals surface area contributed by atoms with Crippen LogP contribution >= 0.6 is 28.3 Å². The highest BCUT2D eigenvalue weighted by molar-refractivity contribution is 9.10. The number of aryl methyl sites for hydroxylation is 1. The first kappa shape index (κ1) is 16.8. The van der Waals surface area contributed by atoms with Crippen molar-refractivity contribution in [3.8, 4) is 0 Å². The molecule has 0 bridgehead atoms. The maximum absolute atomic E-state index is 12.7. The van der Waals surface area contributed by atoms with Crippen LogP contribution in [0.5, 0.6) is 0 Å². The summed E-state index contributed by atoms with van der Waals surface area (Å²) in [5.41, 5.74) is 0.810. The molecule has 0 aliphatic carbocycles. The first-order chi connectivity index (χ1) is 9.69. The zero-order valence-electron chi connectivity index (χ0n) is 12.3. The van der Waals surface area contributed by atoms with Gasteiger partial charge in [0, 0.05) is 30.3 Å². The Morgan fingerprint density at radius 2 is 1.95 bits per heavy atom. The van der Waals surface area contributed by atoms with Crippen LogP contribution in [0.3, 0.4) is 0 Å². The molecule has 0 saturated carbocycles. The van der Waals surface area contributed by atoms with Gasteiger partial charge >= 0.3 is 0 Å². The van der Waals surface area contributed by atoms with Crippen molar-refractivity contribution in [1.29, 1.82) is 0 Å². The van der Waals surface area contributed by atoms with Crippen LogP contribution in [0.15, 0.2) is 16.7 Å². The van der Waals surface area contributed by atoms with Gasteiger partial charge in [-0.05, 0) is 66.7 Å². The summed E-state index contributed by atoms with van der Waals surface area (Å²) in [7, 11) is 0. The van der Waals surface area contributed by atoms with Crippen molar-refractivity contribution in [2.24, 2.45) is 11.8 Å². The summed E-state index contributed by atoms with van der Waals surface area (Å²) in [6.07, 6.45) is 4.26. The van der Waals surface area contributed by atoms with E-state index in [4.69, 9.17) is 0 Å². The van der Waals surface area contributed by atoms with Gasteiger partial charge in [-0.2, -0.15) is 0 Å². The third-order valence-electron chi connectivity index (χ3n) is 4.73. The fourth-order valence-corrected chi connectivity index (χ4v) is 3.96. The van der Waals surface area contributed by atoms with E-state index < -0.39 is 0 Å². The van der Waals surface area contributed by atoms with E-state index in [0.29, 0.717) is 0 Å². The zero-order valence-corrected chi connectivity index (χ0v) is 14.8. The Labute approximate surface area is 140 Å². The summed E-state index contributed by atoms with van der Waals surface area (Å²) in [5, 5.41) is 3.48. The maximum atomic E-state index is 12.7. The summed E-state index contributed by atoms with van der Waals surface area (Å²) in [6, 6.07) is 1.94. The van der Waals surface area contributed by atoms with Crippen molar-refractivity contribution in [1.82, 2.24) is 14.8 Å². The van der Waals surface area contributed by atoms with Gasteiger partial charge in [0.1, 0.15) is 5.69 Å². The molecule has 4 nitrogen and oxygen atoms in total. The molecule has 2 aliphatic heterocycles. The Morgan fingerprint density at radius 3 is 2.52 bits per heavy atom. The minimum Gasteiger partial charge on any atom is -0.343 e. The van der Waals surface area contributed by atoms with E-state index in [1.165, 1.54) is 0 Å². The number of hydrogen-bond acceptors (Lipinski definition) is 2. The minimum atomic E-state index is 0. The van der Waals surface area contributed by atoms with Crippen molar-refractivity contribution in [3.05, 3.63) is 22.4 Å². The molecule has 0 aromatic carbocycles. The van der Waals surface area contributed by atoms with Crippen LogP contribution < -0.4 is 5.32 Å². The quantitative estimate of drug-likeness (QED) is 0.862. The molecule has 6 heteroatoms. The van der Waals surface area contributed by atoms with E-state index in [1.807, 2.05) is 21.7 Å². The molecule has 3 rings (SSSR count). The molecular formula is C15H23BrClN3O. The fourth-order valence-electron chi connectivity index (χ4n) is 3.50. The molecule has 1 amide bonds. The molecule has 2 fully saturated rings. The lowest BCUT2D eigenvalue weighted by molar-refractivity contribution is 0.0748. The van der Waals surface area contributed by atoms with E-state index in [1.54, 1.807) is 0 Å². The molecule has 1 N–H and O–H groups in total. The van der Waals surface area contributed by atoms with Gasteiger partial charge in [-0.25, -0.2) is 0 Å². The molecule has 0 spiro atoms. The summed E-state index contributed by atoms with van der Waals surface area (Å²) >= 11 is 3.47. The van der Waals surface area contributed by atoms with Crippen LogP contribution in [0, 0.1) is 11.8 Å². The van der Waals surface area contributed by atoms with Crippen LogP contribution in [0.4, 0.5) is 0 Å². The Bertz CT molecular complexity index is 491. The second-order valence-electron chi connectivity index (χ2n) is 5.88. The topological polar surface area (TPSA) is 37.3 Å². The third-order valence-corrected chi connectivity index (χ3v) is 5.16. The number of carbonyl (C=O) groups is 1. The predicted octanol–water partition coefficient (Wildman–Crippen LogP) is 2.76. The van der Waals surface area contributed by atoms with E-state index in [2.05, 4.69) is 28.2 Å². The first-order valence-corrected chi connectivity index (χ1v) is 8.34. The monoisotopic (exact) mass is 375 g/mol. The fraction of sp³-hybridized carbons (Fsp3) is 0.667. The van der Waals surface area contributed by atoms with Crippen molar-refractivity contribution >= 4 is 34.2 Å². The van der Waals surface area contributed by atoms with Gasteiger partial charge in [-0.15, -0.1) is 12.4 Å². The average Bonchev–Trinajstić information content (AvgIpc) is 3.00. The number of hydrogen-bond donors (Lipinski definition) is 1. The largest absolute Gasteiger partial charge is 0.343 e. The lowest BCUT2D eigenvalue weighted by atomic mass is 9.92. The highest BCUT2D eigenvalue weighted by atomic mass is 79.9.